The van der Waals surface area contributed by atoms with E-state index in [1.54, 1.807) is 19.2 Å². The van der Waals surface area contributed by atoms with E-state index in [-0.39, 0.29) is 5.91 Å². The molecule has 7 nitrogen and oxygen atoms in total. The van der Waals surface area contributed by atoms with Crippen LogP contribution in [0.3, 0.4) is 0 Å². The first-order valence-corrected chi connectivity index (χ1v) is 10.1. The summed E-state index contributed by atoms with van der Waals surface area (Å²) < 4.78 is 27.6. The van der Waals surface area contributed by atoms with Gasteiger partial charge < -0.3 is 29.0 Å². The highest BCUT2D eigenvalue weighted by atomic mass is 16.5. The molecule has 0 atom stereocenters. The van der Waals surface area contributed by atoms with Gasteiger partial charge in [0.05, 0.1) is 27.9 Å². The number of benzene rings is 3. The van der Waals surface area contributed by atoms with Crippen LogP contribution in [0.1, 0.15) is 15.9 Å². The number of nitrogens with one attached hydrogen (secondary N) is 1. The fourth-order valence-corrected chi connectivity index (χ4v) is 2.99. The van der Waals surface area contributed by atoms with Gasteiger partial charge in [0.15, 0.2) is 11.5 Å². The molecular formula is C25H27NO6. The molecule has 0 saturated carbocycles. The van der Waals surface area contributed by atoms with Crippen LogP contribution in [-0.4, -0.2) is 40.4 Å². The van der Waals surface area contributed by atoms with Crippen LogP contribution in [0, 0.1) is 0 Å². The molecule has 1 N–H and O–H groups in total. The van der Waals surface area contributed by atoms with Gasteiger partial charge in [-0.2, -0.15) is 0 Å². The number of ether oxygens (including phenoxy) is 5. The molecule has 168 valence electrons. The Morgan fingerprint density at radius 2 is 1.41 bits per heavy atom. The molecule has 0 aliphatic rings. The highest BCUT2D eigenvalue weighted by Crippen LogP contribution is 2.39. The zero-order chi connectivity index (χ0) is 22.8. The van der Waals surface area contributed by atoms with Crippen molar-refractivity contribution in [3.05, 3.63) is 77.9 Å². The Bertz CT molecular complexity index is 980. The van der Waals surface area contributed by atoms with Gasteiger partial charge in [0, 0.05) is 5.56 Å². The zero-order valence-corrected chi connectivity index (χ0v) is 18.4. The minimum absolute atomic E-state index is 0.269. The Morgan fingerprint density at radius 3 is 2.00 bits per heavy atom. The molecule has 0 bridgehead atoms. The molecule has 0 saturated heterocycles. The predicted molar refractivity (Wildman–Crippen MR) is 121 cm³/mol. The van der Waals surface area contributed by atoms with E-state index in [2.05, 4.69) is 5.32 Å². The smallest absolute Gasteiger partial charge is 0.251 e. The molecule has 0 radical (unpaired) electrons. The van der Waals surface area contributed by atoms with Crippen LogP contribution in [0.4, 0.5) is 0 Å². The van der Waals surface area contributed by atoms with E-state index in [0.717, 1.165) is 11.3 Å². The summed E-state index contributed by atoms with van der Waals surface area (Å²) in [5.41, 5.74) is 1.41. The first kappa shape index (κ1) is 22.8. The second-order valence-corrected chi connectivity index (χ2v) is 6.76. The number of hydrogen-bond acceptors (Lipinski definition) is 6. The van der Waals surface area contributed by atoms with Crippen molar-refractivity contribution in [1.29, 1.82) is 0 Å². The summed E-state index contributed by atoms with van der Waals surface area (Å²) in [5.74, 6) is 2.46. The van der Waals surface area contributed by atoms with Gasteiger partial charge in [-0.15, -0.1) is 0 Å². The average Bonchev–Trinajstić information content (AvgIpc) is 2.85. The molecule has 7 heteroatoms. The molecule has 3 rings (SSSR count). The third-order valence-corrected chi connectivity index (χ3v) is 4.66. The van der Waals surface area contributed by atoms with Crippen LogP contribution in [-0.2, 0) is 6.61 Å². The summed E-state index contributed by atoms with van der Waals surface area (Å²) >= 11 is 0. The van der Waals surface area contributed by atoms with Crippen LogP contribution in [0.25, 0.3) is 0 Å². The third-order valence-electron chi connectivity index (χ3n) is 4.66. The normalized spacial score (nSPS) is 10.2. The molecule has 0 aromatic heterocycles. The molecule has 3 aromatic carbocycles. The van der Waals surface area contributed by atoms with Gasteiger partial charge in [-0.25, -0.2) is 0 Å². The topological polar surface area (TPSA) is 75.3 Å². The van der Waals surface area contributed by atoms with E-state index in [1.807, 2.05) is 54.6 Å². The Morgan fingerprint density at radius 1 is 0.781 bits per heavy atom. The number of methoxy groups -OCH3 is 3. The molecular weight excluding hydrogens is 410 g/mol. The maximum Gasteiger partial charge on any atom is 0.251 e. The predicted octanol–water partition coefficient (Wildman–Crippen LogP) is 4.10. The summed E-state index contributed by atoms with van der Waals surface area (Å²) in [6.45, 7) is 1.01. The van der Waals surface area contributed by atoms with E-state index < -0.39 is 0 Å². The van der Waals surface area contributed by atoms with E-state index in [1.165, 1.54) is 14.2 Å². The summed E-state index contributed by atoms with van der Waals surface area (Å²) in [6, 6.07) is 20.3. The molecule has 1 amide bonds. The minimum atomic E-state index is -0.269. The Kier molecular flexibility index (Phi) is 8.20. The lowest BCUT2D eigenvalue weighted by Gasteiger charge is -2.16. The lowest BCUT2D eigenvalue weighted by Crippen LogP contribution is -2.28. The van der Waals surface area contributed by atoms with Gasteiger partial charge in [0.1, 0.15) is 24.7 Å². The number of amides is 1. The second-order valence-electron chi connectivity index (χ2n) is 6.76. The van der Waals surface area contributed by atoms with Crippen molar-refractivity contribution in [2.75, 3.05) is 34.5 Å². The third kappa shape index (κ3) is 6.07. The monoisotopic (exact) mass is 437 g/mol. The molecule has 0 unspecified atom stereocenters. The summed E-state index contributed by atoms with van der Waals surface area (Å²) in [4.78, 5) is 12.6. The SMILES string of the molecule is COc1ccc(OCCNC(=O)c2cc(OC)c(OCc3ccccc3)c(OC)c2)cc1. The van der Waals surface area contributed by atoms with Crippen LogP contribution in [0.15, 0.2) is 66.7 Å². The second kappa shape index (κ2) is 11.5. The van der Waals surface area contributed by atoms with Crippen molar-refractivity contribution in [2.24, 2.45) is 0 Å². The van der Waals surface area contributed by atoms with Crippen LogP contribution >= 0.6 is 0 Å². The number of carbonyl (C=O) groups excluding carboxylic acids is 1. The van der Waals surface area contributed by atoms with Crippen molar-refractivity contribution in [3.8, 4) is 28.7 Å². The van der Waals surface area contributed by atoms with Gasteiger partial charge in [0.25, 0.3) is 5.91 Å². The maximum absolute atomic E-state index is 12.6. The maximum atomic E-state index is 12.6. The average molecular weight is 437 g/mol. The fraction of sp³-hybridized carbons (Fsp3) is 0.240. The first-order valence-electron chi connectivity index (χ1n) is 10.1. The van der Waals surface area contributed by atoms with E-state index in [4.69, 9.17) is 23.7 Å². The molecule has 0 heterocycles. The fourth-order valence-electron chi connectivity index (χ4n) is 2.99. The molecule has 0 aliphatic heterocycles. The lowest BCUT2D eigenvalue weighted by atomic mass is 10.1. The number of carbonyl (C=O) groups is 1. The lowest BCUT2D eigenvalue weighted by molar-refractivity contribution is 0.0946. The number of hydrogen-bond donors (Lipinski definition) is 1. The summed E-state index contributed by atoms with van der Waals surface area (Å²) in [7, 11) is 4.65. The number of rotatable bonds is 11. The van der Waals surface area contributed by atoms with Gasteiger partial charge in [-0.3, -0.25) is 4.79 Å². The van der Waals surface area contributed by atoms with Crippen LogP contribution in [0.5, 0.6) is 28.7 Å². The summed E-state index contributed by atoms with van der Waals surface area (Å²) in [5, 5.41) is 2.83. The van der Waals surface area contributed by atoms with Crippen LogP contribution in [0.2, 0.25) is 0 Å². The van der Waals surface area contributed by atoms with Crippen molar-refractivity contribution in [3.63, 3.8) is 0 Å². The largest absolute Gasteiger partial charge is 0.497 e. The Hall–Kier alpha value is -3.87. The van der Waals surface area contributed by atoms with E-state index in [0.29, 0.717) is 48.3 Å². The van der Waals surface area contributed by atoms with E-state index in [9.17, 15) is 4.79 Å². The van der Waals surface area contributed by atoms with Crippen LogP contribution < -0.4 is 29.0 Å². The molecule has 0 spiro atoms. The zero-order valence-electron chi connectivity index (χ0n) is 18.4. The van der Waals surface area contributed by atoms with Gasteiger partial charge in [0.2, 0.25) is 5.75 Å². The van der Waals surface area contributed by atoms with Crippen molar-refractivity contribution in [2.45, 2.75) is 6.61 Å². The van der Waals surface area contributed by atoms with E-state index >= 15 is 0 Å². The molecule has 32 heavy (non-hydrogen) atoms. The van der Waals surface area contributed by atoms with Gasteiger partial charge >= 0.3 is 0 Å². The highest BCUT2D eigenvalue weighted by Gasteiger charge is 2.18. The van der Waals surface area contributed by atoms with Crippen molar-refractivity contribution >= 4 is 5.91 Å². The van der Waals surface area contributed by atoms with Gasteiger partial charge in [-0.05, 0) is 42.0 Å². The molecule has 3 aromatic rings. The Labute approximate surface area is 187 Å². The van der Waals surface area contributed by atoms with Gasteiger partial charge in [-0.1, -0.05) is 30.3 Å². The first-order chi connectivity index (χ1) is 15.6. The minimum Gasteiger partial charge on any atom is -0.497 e. The highest BCUT2D eigenvalue weighted by molar-refractivity contribution is 5.95. The van der Waals surface area contributed by atoms with Crippen molar-refractivity contribution < 1.29 is 28.5 Å². The molecule has 0 aliphatic carbocycles. The van der Waals surface area contributed by atoms with Crippen molar-refractivity contribution in [1.82, 2.24) is 5.32 Å². The summed E-state index contributed by atoms with van der Waals surface area (Å²) in [6.07, 6.45) is 0. The molecule has 0 fully saturated rings. The Balaban J connectivity index is 1.60. The quantitative estimate of drug-likeness (QED) is 0.455. The standard InChI is InChI=1S/C25H27NO6/c1-28-20-9-11-21(12-10-20)31-14-13-26-25(27)19-15-22(29-2)24(23(16-19)30-3)32-17-18-7-5-4-6-8-18/h4-12,15-16H,13-14,17H2,1-3H3,(H,26,27).